The number of H-pyrrole nitrogens is 1. The first-order valence-electron chi connectivity index (χ1n) is 9.75. The predicted molar refractivity (Wildman–Crippen MR) is 112 cm³/mol. The maximum atomic E-state index is 13.9. The molecular formula is C20H19F2N5O4S. The summed E-state index contributed by atoms with van der Waals surface area (Å²) in [6, 6.07) is 2.15. The van der Waals surface area contributed by atoms with E-state index in [1.54, 1.807) is 4.90 Å². The fraction of sp³-hybridized carbons (Fsp3) is 0.300. The number of nitrogens with two attached hydrogens (primary N) is 1. The van der Waals surface area contributed by atoms with Crippen LogP contribution in [0.4, 0.5) is 13.9 Å². The monoisotopic (exact) mass is 463 g/mol. The van der Waals surface area contributed by atoms with Crippen LogP contribution in [-0.4, -0.2) is 50.3 Å². The molecule has 3 heterocycles. The molecule has 9 nitrogen and oxygen atoms in total. The Hall–Kier alpha value is -3.38. The number of aromatic nitrogens is 2. The van der Waals surface area contributed by atoms with Gasteiger partial charge < -0.3 is 26.0 Å². The zero-order valence-corrected chi connectivity index (χ0v) is 17.5. The normalized spacial score (nSPS) is 14.3. The van der Waals surface area contributed by atoms with E-state index in [4.69, 9.17) is 10.8 Å². The predicted octanol–water partition coefficient (Wildman–Crippen LogP) is 2.23. The number of carboxylic acid groups (broad SMARTS) is 1. The Morgan fingerprint density at radius 3 is 2.84 bits per heavy atom. The number of aliphatic carboxylic acids is 1. The van der Waals surface area contributed by atoms with Gasteiger partial charge in [-0.15, -0.1) is 0 Å². The first-order valence-corrected chi connectivity index (χ1v) is 10.6. The molecule has 1 aliphatic heterocycles. The van der Waals surface area contributed by atoms with Crippen molar-refractivity contribution in [3.8, 4) is 0 Å². The summed E-state index contributed by atoms with van der Waals surface area (Å²) in [6.07, 6.45) is 0.421. The lowest BCUT2D eigenvalue weighted by Crippen LogP contribution is -2.35. The third kappa shape index (κ3) is 4.46. The molecule has 2 aromatic heterocycles. The average Bonchev–Trinajstić information content (AvgIpc) is 3.34. The van der Waals surface area contributed by atoms with E-state index in [9.17, 15) is 23.2 Å². The number of carbonyl (C=O) groups is 3. The van der Waals surface area contributed by atoms with E-state index in [2.05, 4.69) is 15.3 Å². The Labute approximate surface area is 184 Å². The summed E-state index contributed by atoms with van der Waals surface area (Å²) in [4.78, 5) is 45.2. The third-order valence-corrected chi connectivity index (χ3v) is 6.14. The number of carboxylic acids is 1. The molecule has 12 heteroatoms. The van der Waals surface area contributed by atoms with Gasteiger partial charge in [-0.3, -0.25) is 14.4 Å². The molecule has 5 N–H and O–H groups in total. The van der Waals surface area contributed by atoms with Gasteiger partial charge in [0.2, 0.25) is 5.91 Å². The van der Waals surface area contributed by atoms with Gasteiger partial charge in [0, 0.05) is 35.7 Å². The topological polar surface area (TPSA) is 141 Å². The summed E-state index contributed by atoms with van der Waals surface area (Å²) in [5, 5.41) is 11.9. The van der Waals surface area contributed by atoms with E-state index in [0.717, 1.165) is 22.7 Å². The van der Waals surface area contributed by atoms with Gasteiger partial charge in [0.25, 0.3) is 5.91 Å². The molecule has 3 aromatic rings. The van der Waals surface area contributed by atoms with Gasteiger partial charge >= 0.3 is 5.97 Å². The minimum atomic E-state index is -1.17. The van der Waals surface area contributed by atoms with Crippen molar-refractivity contribution in [2.75, 3.05) is 11.9 Å². The minimum absolute atomic E-state index is 0.00350. The van der Waals surface area contributed by atoms with Crippen LogP contribution in [-0.2, 0) is 22.6 Å². The van der Waals surface area contributed by atoms with Gasteiger partial charge in [0.15, 0.2) is 5.13 Å². The van der Waals surface area contributed by atoms with Crippen molar-refractivity contribution >= 4 is 45.2 Å². The number of hydrogen-bond donors (Lipinski definition) is 4. The van der Waals surface area contributed by atoms with Gasteiger partial charge in [0.05, 0.1) is 17.8 Å². The Bertz CT molecular complexity index is 1220. The molecule has 168 valence electrons. The molecule has 0 aliphatic carbocycles. The Balaban J connectivity index is 1.42. The number of aromatic amines is 1. The van der Waals surface area contributed by atoms with Crippen molar-refractivity contribution in [1.29, 1.82) is 0 Å². The summed E-state index contributed by atoms with van der Waals surface area (Å²) < 4.78 is 27.4. The van der Waals surface area contributed by atoms with Crippen molar-refractivity contribution in [2.24, 2.45) is 5.73 Å². The lowest BCUT2D eigenvalue weighted by Gasteiger charge is -2.25. The number of thiazole rings is 1. The van der Waals surface area contributed by atoms with Crippen LogP contribution in [0.1, 0.15) is 33.9 Å². The third-order valence-electron chi connectivity index (χ3n) is 5.15. The quantitative estimate of drug-likeness (QED) is 0.442. The number of anilines is 1. The summed E-state index contributed by atoms with van der Waals surface area (Å²) >= 11 is 1.23. The first kappa shape index (κ1) is 21.8. The summed E-state index contributed by atoms with van der Waals surface area (Å²) in [6.45, 7) is 0.639. The highest BCUT2D eigenvalue weighted by Gasteiger charge is 2.27. The molecule has 1 aromatic carbocycles. The second kappa shape index (κ2) is 8.63. The minimum Gasteiger partial charge on any atom is -0.480 e. The molecule has 32 heavy (non-hydrogen) atoms. The van der Waals surface area contributed by atoms with Crippen LogP contribution in [0, 0.1) is 11.6 Å². The molecule has 1 atom stereocenters. The van der Waals surface area contributed by atoms with E-state index < -0.39 is 29.6 Å². The second-order valence-corrected chi connectivity index (χ2v) is 8.51. The molecule has 1 aliphatic rings. The van der Waals surface area contributed by atoms with E-state index >= 15 is 0 Å². The van der Waals surface area contributed by atoms with Crippen molar-refractivity contribution in [3.63, 3.8) is 0 Å². The van der Waals surface area contributed by atoms with Crippen molar-refractivity contribution in [1.82, 2.24) is 14.9 Å². The highest BCUT2D eigenvalue weighted by molar-refractivity contribution is 7.15. The van der Waals surface area contributed by atoms with Crippen LogP contribution in [0.3, 0.4) is 0 Å². The van der Waals surface area contributed by atoms with Crippen LogP contribution < -0.4 is 11.1 Å². The van der Waals surface area contributed by atoms with Crippen molar-refractivity contribution in [2.45, 2.75) is 31.8 Å². The van der Waals surface area contributed by atoms with Crippen LogP contribution in [0.2, 0.25) is 0 Å². The smallest absolute Gasteiger partial charge is 0.320 e. The second-order valence-electron chi connectivity index (χ2n) is 7.43. The fourth-order valence-corrected chi connectivity index (χ4v) is 4.50. The molecule has 0 spiro atoms. The number of nitrogens with one attached hydrogen (secondary N) is 2. The molecule has 0 saturated heterocycles. The van der Waals surface area contributed by atoms with Crippen LogP contribution in [0.25, 0.3) is 10.9 Å². The maximum absolute atomic E-state index is 13.9. The number of carbonyl (C=O) groups excluding carboxylic acids is 2. The summed E-state index contributed by atoms with van der Waals surface area (Å²) in [7, 11) is 0. The maximum Gasteiger partial charge on any atom is 0.320 e. The lowest BCUT2D eigenvalue weighted by atomic mass is 10.1. The number of benzene rings is 1. The zero-order chi connectivity index (χ0) is 23.0. The molecule has 2 amide bonds. The first-order chi connectivity index (χ1) is 15.2. The molecule has 0 radical (unpaired) electrons. The number of rotatable bonds is 6. The molecule has 4 rings (SSSR count). The van der Waals surface area contributed by atoms with Gasteiger partial charge in [-0.2, -0.15) is 0 Å². The highest BCUT2D eigenvalue weighted by atomic mass is 32.1. The summed E-state index contributed by atoms with van der Waals surface area (Å²) in [5.41, 5.74) is 6.52. The van der Waals surface area contributed by atoms with E-state index in [0.29, 0.717) is 18.1 Å². The SMILES string of the molecule is N[C@@H](CCC(=O)Nc1nc2c(s1)CN(C(=O)c1cc3c(F)cc(F)cc3[nH]1)CC2)C(=O)O. The van der Waals surface area contributed by atoms with Gasteiger partial charge in [-0.1, -0.05) is 11.3 Å². The average molecular weight is 463 g/mol. The molecule has 0 fully saturated rings. The van der Waals surface area contributed by atoms with E-state index in [-0.39, 0.29) is 41.9 Å². The number of fused-ring (bicyclic) bond motifs is 2. The lowest BCUT2D eigenvalue weighted by molar-refractivity contribution is -0.138. The van der Waals surface area contributed by atoms with Crippen molar-refractivity contribution < 1.29 is 28.3 Å². The largest absolute Gasteiger partial charge is 0.480 e. The standard InChI is InChI=1S/C20H19F2N5O4S/c21-9-5-11(22)10-7-15(24-14(10)6-9)18(29)27-4-3-13-16(8-27)32-20(25-13)26-17(28)2-1-12(23)19(30)31/h5-7,12,24H,1-4,8,23H2,(H,30,31)(H,25,26,28)/t12-/m0/s1. The van der Waals surface area contributed by atoms with E-state index in [1.807, 2.05) is 0 Å². The fourth-order valence-electron chi connectivity index (χ4n) is 3.46. The van der Waals surface area contributed by atoms with Gasteiger partial charge in [-0.05, 0) is 18.6 Å². The Morgan fingerprint density at radius 1 is 1.31 bits per heavy atom. The number of halogens is 2. The summed E-state index contributed by atoms with van der Waals surface area (Å²) in [5.74, 6) is -3.40. The Morgan fingerprint density at radius 2 is 2.09 bits per heavy atom. The van der Waals surface area contributed by atoms with Crippen LogP contribution >= 0.6 is 11.3 Å². The highest BCUT2D eigenvalue weighted by Crippen LogP contribution is 2.30. The zero-order valence-electron chi connectivity index (χ0n) is 16.7. The van der Waals surface area contributed by atoms with Crippen LogP contribution in [0.15, 0.2) is 18.2 Å². The van der Waals surface area contributed by atoms with Gasteiger partial charge in [0.1, 0.15) is 23.4 Å². The molecule has 0 unspecified atom stereocenters. The van der Waals surface area contributed by atoms with Gasteiger partial charge in [-0.25, -0.2) is 13.8 Å². The molecule has 0 bridgehead atoms. The van der Waals surface area contributed by atoms with Crippen LogP contribution in [0.5, 0.6) is 0 Å². The Kier molecular flexibility index (Phi) is 5.89. The molecule has 0 saturated carbocycles. The van der Waals surface area contributed by atoms with Crippen molar-refractivity contribution in [3.05, 3.63) is 46.1 Å². The number of hydrogen-bond acceptors (Lipinski definition) is 6. The van der Waals surface area contributed by atoms with E-state index in [1.165, 1.54) is 17.4 Å². The number of amides is 2. The molecular weight excluding hydrogens is 444 g/mol. The number of nitrogens with zero attached hydrogens (tertiary/aromatic N) is 2.